The van der Waals surface area contributed by atoms with Crippen LogP contribution in [0.1, 0.15) is 47.5 Å². The zero-order valence-electron chi connectivity index (χ0n) is 19.3. The van der Waals surface area contributed by atoms with Gasteiger partial charge in [-0.3, -0.25) is 4.79 Å². The zero-order chi connectivity index (χ0) is 25.5. The van der Waals surface area contributed by atoms with Gasteiger partial charge < -0.3 is 35.1 Å². The van der Waals surface area contributed by atoms with Crippen molar-refractivity contribution in [3.05, 3.63) is 33.4 Å². The number of aromatic hydroxyl groups is 1. The normalized spacial score (nSPS) is 17.7. The Kier molecular flexibility index (Phi) is 9.71. The van der Waals surface area contributed by atoms with Crippen LogP contribution in [0, 0.1) is 0 Å². The van der Waals surface area contributed by atoms with Gasteiger partial charge in [-0.05, 0) is 15.9 Å². The van der Waals surface area contributed by atoms with Crippen LogP contribution in [0.5, 0.6) is 11.5 Å². The summed E-state index contributed by atoms with van der Waals surface area (Å²) >= 11 is 10.1. The summed E-state index contributed by atoms with van der Waals surface area (Å²) in [6, 6.07) is 1.20. The SMILES string of the molecule is COc1cc(O)c2c(c1Br)C(=O)OCC(=O)NCC(=S)N[C@H](c1nc(CNC(C)C)no1)CSC2. The Morgan fingerprint density at radius 1 is 1.43 bits per heavy atom. The maximum atomic E-state index is 12.8. The minimum absolute atomic E-state index is 0.0394. The highest BCUT2D eigenvalue weighted by Gasteiger charge is 2.27. The molecule has 0 bridgehead atoms. The van der Waals surface area contributed by atoms with Gasteiger partial charge in [-0.15, -0.1) is 0 Å². The number of carbonyl (C=O) groups excluding carboxylic acids is 2. The molecule has 0 unspecified atom stereocenters. The van der Waals surface area contributed by atoms with Crippen LogP contribution in [0.4, 0.5) is 0 Å². The summed E-state index contributed by atoms with van der Waals surface area (Å²) in [4.78, 5) is 29.8. The number of amides is 1. The fourth-order valence-electron chi connectivity index (χ4n) is 3.07. The maximum absolute atomic E-state index is 12.8. The van der Waals surface area contributed by atoms with Gasteiger partial charge in [0.05, 0.1) is 35.2 Å². The van der Waals surface area contributed by atoms with Gasteiger partial charge in [0.25, 0.3) is 5.91 Å². The number of rotatable bonds is 5. The second kappa shape index (κ2) is 12.5. The minimum atomic E-state index is -0.773. The lowest BCUT2D eigenvalue weighted by molar-refractivity contribution is -0.123. The predicted octanol–water partition coefficient (Wildman–Crippen LogP) is 2.22. The Morgan fingerprint density at radius 2 is 2.20 bits per heavy atom. The Hall–Kier alpha value is -2.42. The van der Waals surface area contributed by atoms with Crippen molar-refractivity contribution in [2.45, 2.75) is 38.2 Å². The molecule has 1 aromatic carbocycles. The summed E-state index contributed by atoms with van der Waals surface area (Å²) in [6.45, 7) is 4.00. The number of hydrogen-bond acceptors (Lipinski definition) is 11. The van der Waals surface area contributed by atoms with Gasteiger partial charge in [-0.25, -0.2) is 4.79 Å². The smallest absolute Gasteiger partial charge is 0.340 e. The van der Waals surface area contributed by atoms with Gasteiger partial charge in [-0.1, -0.05) is 31.2 Å². The molecule has 0 saturated heterocycles. The van der Waals surface area contributed by atoms with E-state index in [0.717, 1.165) is 0 Å². The van der Waals surface area contributed by atoms with Crippen molar-refractivity contribution in [2.24, 2.45) is 0 Å². The van der Waals surface area contributed by atoms with Gasteiger partial charge in [0.1, 0.15) is 17.5 Å². The van der Waals surface area contributed by atoms with Crippen molar-refractivity contribution in [2.75, 3.05) is 26.0 Å². The van der Waals surface area contributed by atoms with Gasteiger partial charge >= 0.3 is 5.97 Å². The van der Waals surface area contributed by atoms with E-state index < -0.39 is 24.5 Å². The molecule has 1 atom stereocenters. The van der Waals surface area contributed by atoms with E-state index in [-0.39, 0.29) is 35.4 Å². The minimum Gasteiger partial charge on any atom is -0.507 e. The van der Waals surface area contributed by atoms with Crippen LogP contribution in [0.2, 0.25) is 0 Å². The van der Waals surface area contributed by atoms with Crippen LogP contribution in [-0.2, 0) is 21.8 Å². The first-order valence-electron chi connectivity index (χ1n) is 10.6. The number of carbonyl (C=O) groups is 2. The third kappa shape index (κ3) is 7.29. The molecule has 2 heterocycles. The second-order valence-corrected chi connectivity index (χ2v) is 10.2. The lowest BCUT2D eigenvalue weighted by Gasteiger charge is -2.19. The van der Waals surface area contributed by atoms with Crippen molar-refractivity contribution in [3.63, 3.8) is 0 Å². The molecule has 1 aliphatic rings. The topological polar surface area (TPSA) is 148 Å². The van der Waals surface area contributed by atoms with E-state index in [1.54, 1.807) is 0 Å². The summed E-state index contributed by atoms with van der Waals surface area (Å²) in [6.07, 6.45) is 0. The largest absolute Gasteiger partial charge is 0.507 e. The molecular formula is C21H26BrN5O6S2. The fourth-order valence-corrected chi connectivity index (χ4v) is 5.04. The zero-order valence-corrected chi connectivity index (χ0v) is 22.6. The quantitative estimate of drug-likeness (QED) is 0.300. The lowest BCUT2D eigenvalue weighted by atomic mass is 10.1. The van der Waals surface area contributed by atoms with Crippen molar-refractivity contribution in [1.82, 2.24) is 26.1 Å². The number of thiocarbonyl (C=S) groups is 1. The molecular weight excluding hydrogens is 562 g/mol. The molecule has 4 N–H and O–H groups in total. The van der Waals surface area contributed by atoms with Crippen LogP contribution in [-0.4, -0.2) is 64.2 Å². The highest BCUT2D eigenvalue weighted by Crippen LogP contribution is 2.39. The van der Waals surface area contributed by atoms with Crippen LogP contribution in [0.15, 0.2) is 15.1 Å². The Balaban J connectivity index is 1.89. The van der Waals surface area contributed by atoms with E-state index in [1.807, 2.05) is 13.8 Å². The standard InChI is InChI=1S/C21H26BrN5O6S2/c1-10(2)23-5-15-26-20(33-27-15)12-9-35-8-11-13(28)4-14(31-3)19(22)18(11)21(30)32-7-16(29)24-6-17(34)25-12/h4,10,12,23,28H,5-9H2,1-3H3,(H,24,29)(H,25,34)/t12-/m0/s1. The van der Waals surface area contributed by atoms with E-state index in [0.29, 0.717) is 39.0 Å². The summed E-state index contributed by atoms with van der Waals surface area (Å²) in [5, 5.41) is 23.6. The van der Waals surface area contributed by atoms with Gasteiger partial charge in [0.2, 0.25) is 5.89 Å². The second-order valence-electron chi connectivity index (χ2n) is 7.84. The molecule has 35 heavy (non-hydrogen) atoms. The van der Waals surface area contributed by atoms with E-state index in [2.05, 4.69) is 42.0 Å². The van der Waals surface area contributed by atoms with Crippen LogP contribution >= 0.6 is 39.9 Å². The Morgan fingerprint density at radius 3 is 2.91 bits per heavy atom. The van der Waals surface area contributed by atoms with E-state index >= 15 is 0 Å². The number of phenols is 1. The summed E-state index contributed by atoms with van der Waals surface area (Å²) in [5.41, 5.74) is 0.415. The van der Waals surface area contributed by atoms with Gasteiger partial charge in [-0.2, -0.15) is 16.7 Å². The number of phenolic OH excluding ortho intramolecular Hbond substituents is 1. The fraction of sp³-hybridized carbons (Fsp3) is 0.476. The Labute approximate surface area is 220 Å². The highest BCUT2D eigenvalue weighted by molar-refractivity contribution is 9.10. The lowest BCUT2D eigenvalue weighted by Crippen LogP contribution is -2.40. The first-order valence-corrected chi connectivity index (χ1v) is 13.0. The number of cyclic esters (lactones) is 1. The van der Waals surface area contributed by atoms with Gasteiger partial charge in [0.15, 0.2) is 12.4 Å². The summed E-state index contributed by atoms with van der Waals surface area (Å²) in [7, 11) is 1.41. The average Bonchev–Trinajstić information content (AvgIpc) is 3.29. The number of ether oxygens (including phenoxy) is 2. The molecule has 3 rings (SSSR count). The molecule has 1 amide bonds. The number of benzene rings is 1. The van der Waals surface area contributed by atoms with Crippen molar-refractivity contribution in [1.29, 1.82) is 0 Å². The predicted molar refractivity (Wildman–Crippen MR) is 137 cm³/mol. The van der Waals surface area contributed by atoms with Crippen molar-refractivity contribution >= 4 is 56.8 Å². The molecule has 14 heteroatoms. The maximum Gasteiger partial charge on any atom is 0.340 e. The van der Waals surface area contributed by atoms with Gasteiger partial charge in [0, 0.05) is 29.2 Å². The number of esters is 1. The summed E-state index contributed by atoms with van der Waals surface area (Å²) in [5.74, 6) is 0.296. The van der Waals surface area contributed by atoms with Crippen LogP contribution < -0.4 is 20.7 Å². The summed E-state index contributed by atoms with van der Waals surface area (Å²) < 4.78 is 16.2. The highest BCUT2D eigenvalue weighted by atomic mass is 79.9. The van der Waals surface area contributed by atoms with Crippen LogP contribution in [0.25, 0.3) is 0 Å². The molecule has 0 saturated carbocycles. The molecule has 0 spiro atoms. The average molecular weight is 589 g/mol. The molecule has 11 nitrogen and oxygen atoms in total. The molecule has 2 aromatic rings. The number of hydrogen-bond donors (Lipinski definition) is 4. The van der Waals surface area contributed by atoms with E-state index in [4.69, 9.17) is 26.2 Å². The van der Waals surface area contributed by atoms with E-state index in [9.17, 15) is 14.7 Å². The molecule has 0 fully saturated rings. The van der Waals surface area contributed by atoms with Crippen LogP contribution in [0.3, 0.4) is 0 Å². The van der Waals surface area contributed by atoms with E-state index in [1.165, 1.54) is 24.9 Å². The number of halogens is 1. The van der Waals surface area contributed by atoms with Crippen molar-refractivity contribution < 1.29 is 28.7 Å². The molecule has 0 radical (unpaired) electrons. The number of nitrogens with zero attached hydrogens (tertiary/aromatic N) is 2. The molecule has 1 aromatic heterocycles. The Bertz CT molecular complexity index is 1100. The number of aromatic nitrogens is 2. The molecule has 0 aliphatic carbocycles. The number of nitrogens with one attached hydrogen (secondary N) is 3. The molecule has 190 valence electrons. The number of fused-ring (bicyclic) bond motifs is 1. The first-order chi connectivity index (χ1) is 16.7. The monoisotopic (exact) mass is 587 g/mol. The first kappa shape index (κ1) is 27.2. The number of thioether (sulfide) groups is 1. The third-order valence-electron chi connectivity index (χ3n) is 4.84. The number of methoxy groups -OCH3 is 1. The third-order valence-corrected chi connectivity index (χ3v) is 6.95. The van der Waals surface area contributed by atoms with Crippen molar-refractivity contribution in [3.8, 4) is 11.5 Å². The molecule has 1 aliphatic heterocycles.